The number of ether oxygens (including phenoxy) is 3. The van der Waals surface area contributed by atoms with Gasteiger partial charge in [-0.15, -0.1) is 0 Å². The van der Waals surface area contributed by atoms with Gasteiger partial charge >= 0.3 is 0 Å². The summed E-state index contributed by atoms with van der Waals surface area (Å²) in [4.78, 5) is 46.3. The number of nitrogens with zero attached hydrogens (tertiary/aromatic N) is 1. The third-order valence-electron chi connectivity index (χ3n) is 8.84. The van der Waals surface area contributed by atoms with E-state index >= 15 is 0 Å². The number of anilines is 1. The van der Waals surface area contributed by atoms with Crippen molar-refractivity contribution < 1.29 is 28.6 Å². The Morgan fingerprint density at radius 2 is 1.52 bits per heavy atom. The smallest absolute Gasteiger partial charge is 0.203 e. The predicted octanol–water partition coefficient (Wildman–Crippen LogP) is 6.41. The van der Waals surface area contributed by atoms with E-state index in [2.05, 4.69) is 0 Å². The van der Waals surface area contributed by atoms with Crippen LogP contribution in [0.15, 0.2) is 60.7 Å². The van der Waals surface area contributed by atoms with Gasteiger partial charge in [-0.2, -0.15) is 0 Å². The molecule has 0 aromatic heterocycles. The van der Waals surface area contributed by atoms with Gasteiger partial charge in [0.25, 0.3) is 0 Å². The van der Waals surface area contributed by atoms with Gasteiger partial charge in [0.15, 0.2) is 28.8 Å². The zero-order valence-corrected chi connectivity index (χ0v) is 25.1. The van der Waals surface area contributed by atoms with Crippen molar-refractivity contribution in [1.29, 1.82) is 0 Å². The lowest BCUT2D eigenvalue weighted by Gasteiger charge is -2.38. The number of carbonyl (C=O) groups excluding carboxylic acids is 3. The fourth-order valence-electron chi connectivity index (χ4n) is 7.10. The van der Waals surface area contributed by atoms with Crippen LogP contribution in [-0.4, -0.2) is 50.8 Å². The van der Waals surface area contributed by atoms with E-state index in [0.29, 0.717) is 39.0 Å². The molecule has 0 N–H and O–H groups in total. The molecule has 0 amide bonds. The highest BCUT2D eigenvalue weighted by Gasteiger charge is 2.72. The molecule has 3 aliphatic rings. The lowest BCUT2D eigenvalue weighted by Crippen LogP contribution is -2.49. The fourth-order valence-corrected chi connectivity index (χ4v) is 7.28. The van der Waals surface area contributed by atoms with Crippen molar-refractivity contribution in [3.05, 3.63) is 87.9 Å². The second kappa shape index (κ2) is 9.73. The van der Waals surface area contributed by atoms with Crippen LogP contribution in [0, 0.1) is 10.8 Å². The first kappa shape index (κ1) is 28.0. The van der Waals surface area contributed by atoms with Gasteiger partial charge in [-0.05, 0) is 29.8 Å². The second-order valence-electron chi connectivity index (χ2n) is 11.9. The molecule has 2 heterocycles. The number of ketones is 3. The molecule has 3 aromatic carbocycles. The van der Waals surface area contributed by atoms with E-state index in [1.54, 1.807) is 42.5 Å². The average Bonchev–Trinajstić information content (AvgIpc) is 3.40. The van der Waals surface area contributed by atoms with Gasteiger partial charge in [0.2, 0.25) is 5.75 Å². The number of Topliss-reactive ketones (excluding diaryl/α,β-unsaturated/α-hetero) is 3. The van der Waals surface area contributed by atoms with E-state index in [1.165, 1.54) is 21.3 Å². The summed E-state index contributed by atoms with van der Waals surface area (Å²) in [5.41, 5.74) is 0.287. The summed E-state index contributed by atoms with van der Waals surface area (Å²) in [5, 5.41) is 0.544. The molecule has 216 valence electrons. The minimum atomic E-state index is -1.66. The van der Waals surface area contributed by atoms with Crippen molar-refractivity contribution in [2.45, 2.75) is 38.8 Å². The van der Waals surface area contributed by atoms with Crippen molar-refractivity contribution in [2.24, 2.45) is 10.8 Å². The van der Waals surface area contributed by atoms with Crippen molar-refractivity contribution in [2.75, 3.05) is 26.2 Å². The van der Waals surface area contributed by atoms with Gasteiger partial charge in [-0.25, -0.2) is 0 Å². The van der Waals surface area contributed by atoms with Crippen molar-refractivity contribution in [1.82, 2.24) is 0 Å². The summed E-state index contributed by atoms with van der Waals surface area (Å²) >= 11 is 6.38. The Morgan fingerprint density at radius 3 is 2.10 bits per heavy atom. The molecule has 0 bridgehead atoms. The monoisotopic (exact) mass is 585 g/mol. The van der Waals surface area contributed by atoms with Gasteiger partial charge < -0.3 is 19.1 Å². The molecular formula is C34H32ClNO6. The molecule has 0 radical (unpaired) electrons. The highest BCUT2D eigenvalue weighted by molar-refractivity contribution is 6.32. The molecule has 0 unspecified atom stereocenters. The topological polar surface area (TPSA) is 82.1 Å². The maximum atomic E-state index is 14.8. The first-order valence-electron chi connectivity index (χ1n) is 13.8. The zero-order valence-electron chi connectivity index (χ0n) is 24.4. The minimum Gasteiger partial charge on any atom is -0.493 e. The SMILES string of the molecule is COc1ccc([C@@H]2[C@@H](C(=O)C(C)(C)C)N3c4ccc(Cl)cc4C=C[C@@H]3C23C(=O)c2ccccc2C3=O)c(OC)c1OC. The van der Waals surface area contributed by atoms with Crippen LogP contribution in [0.25, 0.3) is 6.08 Å². The predicted molar refractivity (Wildman–Crippen MR) is 161 cm³/mol. The lowest BCUT2D eigenvalue weighted by atomic mass is 9.63. The Kier molecular flexibility index (Phi) is 6.50. The van der Waals surface area contributed by atoms with Crippen molar-refractivity contribution in [3.63, 3.8) is 0 Å². The molecule has 7 nitrogen and oxygen atoms in total. The Bertz CT molecular complexity index is 1650. The molecule has 3 aromatic rings. The summed E-state index contributed by atoms with van der Waals surface area (Å²) in [6.07, 6.45) is 3.76. The Hall–Kier alpha value is -4.10. The van der Waals surface area contributed by atoms with E-state index in [4.69, 9.17) is 25.8 Å². The summed E-state index contributed by atoms with van der Waals surface area (Å²) in [7, 11) is 4.52. The highest BCUT2D eigenvalue weighted by atomic mass is 35.5. The lowest BCUT2D eigenvalue weighted by molar-refractivity contribution is -0.127. The fraction of sp³-hybridized carbons (Fsp3) is 0.324. The molecule has 0 saturated carbocycles. The molecule has 8 heteroatoms. The van der Waals surface area contributed by atoms with Crippen LogP contribution in [0.5, 0.6) is 17.2 Å². The number of fused-ring (bicyclic) bond motifs is 5. The number of methoxy groups -OCH3 is 3. The molecular weight excluding hydrogens is 554 g/mol. The molecule has 42 heavy (non-hydrogen) atoms. The van der Waals surface area contributed by atoms with Gasteiger partial charge in [0.05, 0.1) is 33.4 Å². The van der Waals surface area contributed by atoms with E-state index in [0.717, 1.165) is 11.3 Å². The van der Waals surface area contributed by atoms with E-state index in [9.17, 15) is 14.4 Å². The number of halogens is 1. The molecule has 3 atom stereocenters. The number of hydrogen-bond donors (Lipinski definition) is 0. The first-order valence-corrected chi connectivity index (χ1v) is 14.2. The van der Waals surface area contributed by atoms with Crippen LogP contribution in [0.4, 0.5) is 5.69 Å². The third kappa shape index (κ3) is 3.62. The zero-order chi connectivity index (χ0) is 30.1. The van der Waals surface area contributed by atoms with Crippen LogP contribution in [0.2, 0.25) is 5.02 Å². The third-order valence-corrected chi connectivity index (χ3v) is 9.08. The Labute approximate surface area is 250 Å². The Balaban J connectivity index is 1.75. The van der Waals surface area contributed by atoms with Gasteiger partial charge in [0.1, 0.15) is 5.41 Å². The summed E-state index contributed by atoms with van der Waals surface area (Å²) in [6.45, 7) is 5.56. The number of benzene rings is 3. The maximum absolute atomic E-state index is 14.8. The molecule has 1 fully saturated rings. The average molecular weight is 586 g/mol. The van der Waals surface area contributed by atoms with Crippen LogP contribution in [-0.2, 0) is 4.79 Å². The number of carbonyl (C=O) groups is 3. The van der Waals surface area contributed by atoms with Crippen molar-refractivity contribution >= 4 is 40.7 Å². The normalized spacial score (nSPS) is 21.7. The van der Waals surface area contributed by atoms with Gasteiger partial charge in [-0.1, -0.05) is 74.9 Å². The summed E-state index contributed by atoms with van der Waals surface area (Å²) in [5.74, 6) is -0.616. The highest BCUT2D eigenvalue weighted by Crippen LogP contribution is 2.63. The summed E-state index contributed by atoms with van der Waals surface area (Å²) in [6, 6.07) is 14.2. The van der Waals surface area contributed by atoms with Crippen molar-refractivity contribution in [3.8, 4) is 17.2 Å². The minimum absolute atomic E-state index is 0.112. The molecule has 1 spiro atoms. The van der Waals surface area contributed by atoms with Gasteiger partial charge in [-0.3, -0.25) is 14.4 Å². The van der Waals surface area contributed by atoms with Crippen LogP contribution < -0.4 is 19.1 Å². The van der Waals surface area contributed by atoms with E-state index in [1.807, 2.05) is 50.0 Å². The quantitative estimate of drug-likeness (QED) is 0.320. The molecule has 1 saturated heterocycles. The maximum Gasteiger partial charge on any atom is 0.203 e. The number of rotatable bonds is 5. The Morgan fingerprint density at radius 1 is 0.881 bits per heavy atom. The van der Waals surface area contributed by atoms with E-state index < -0.39 is 28.8 Å². The standard InChI is InChI=1S/C34H32ClNO6/c1-33(2,3)32(39)27-26(22-13-15-24(40-4)29(42-6)28(22)41-5)34(30(37)20-9-7-8-10-21(20)31(34)38)25-16-11-18-17-19(35)12-14-23(18)36(25)27/h7-17,25-27H,1-6H3/t25-,26-,27+/m1/s1. The van der Waals surface area contributed by atoms with Crippen LogP contribution in [0.3, 0.4) is 0 Å². The van der Waals surface area contributed by atoms with Gasteiger partial charge in [0, 0.05) is 38.7 Å². The second-order valence-corrected chi connectivity index (χ2v) is 12.4. The largest absolute Gasteiger partial charge is 0.493 e. The van der Waals surface area contributed by atoms with Crippen LogP contribution in [0.1, 0.15) is 58.5 Å². The number of hydrogen-bond acceptors (Lipinski definition) is 7. The molecule has 1 aliphatic carbocycles. The molecule has 6 rings (SSSR count). The first-order chi connectivity index (χ1) is 20.0. The van der Waals surface area contributed by atoms with E-state index in [-0.39, 0.29) is 17.3 Å². The van der Waals surface area contributed by atoms with Crippen LogP contribution >= 0.6 is 11.6 Å². The summed E-state index contributed by atoms with van der Waals surface area (Å²) < 4.78 is 17.2. The molecule has 2 aliphatic heterocycles.